The number of hydrogen-bond donors (Lipinski definition) is 1. The Labute approximate surface area is 222 Å². The lowest BCUT2D eigenvalue weighted by atomic mass is 9.93. The maximum atomic E-state index is 15.5. The molecule has 0 saturated carbocycles. The number of benzene rings is 2. The van der Waals surface area contributed by atoms with E-state index in [0.717, 1.165) is 47.6 Å². The van der Waals surface area contributed by atoms with Crippen LogP contribution < -0.4 is 10.4 Å². The summed E-state index contributed by atoms with van der Waals surface area (Å²) in [6.45, 7) is 0.971. The fraction of sp³-hybridized carbons (Fsp3) is 0.269. The van der Waals surface area contributed by atoms with Crippen LogP contribution in [0.2, 0.25) is 0 Å². The van der Waals surface area contributed by atoms with Crippen molar-refractivity contribution in [1.82, 2.24) is 9.58 Å². The molecule has 1 aromatic heterocycles. The zero-order valence-corrected chi connectivity index (χ0v) is 21.2. The molecule has 0 unspecified atom stereocenters. The summed E-state index contributed by atoms with van der Waals surface area (Å²) < 4.78 is 73.1. The fourth-order valence-corrected chi connectivity index (χ4v) is 5.97. The molecule has 7 nitrogen and oxygen atoms in total. The van der Waals surface area contributed by atoms with Crippen LogP contribution in [0.1, 0.15) is 57.4 Å². The van der Waals surface area contributed by atoms with E-state index < -0.39 is 70.7 Å². The first kappa shape index (κ1) is 26.7. The van der Waals surface area contributed by atoms with Crippen LogP contribution in [0.15, 0.2) is 52.3 Å². The van der Waals surface area contributed by atoms with E-state index in [1.54, 1.807) is 6.07 Å². The van der Waals surface area contributed by atoms with Crippen LogP contribution in [0.25, 0.3) is 0 Å². The topological polar surface area (TPSA) is 82.8 Å². The first-order valence-corrected chi connectivity index (χ1v) is 12.6. The van der Waals surface area contributed by atoms with Gasteiger partial charge in [0.05, 0.1) is 5.56 Å². The molecule has 2 aromatic carbocycles. The number of fused-ring (bicyclic) bond motifs is 3. The lowest BCUT2D eigenvalue weighted by molar-refractivity contribution is -0.173. The third kappa shape index (κ3) is 4.24. The molecule has 204 valence electrons. The van der Waals surface area contributed by atoms with Crippen LogP contribution in [0.3, 0.4) is 0 Å². The van der Waals surface area contributed by atoms with E-state index in [1.807, 2.05) is 0 Å². The molecule has 39 heavy (non-hydrogen) atoms. The highest BCUT2D eigenvalue weighted by Crippen LogP contribution is 2.45. The number of pyridine rings is 1. The maximum Gasteiger partial charge on any atom is 0.408 e. The van der Waals surface area contributed by atoms with E-state index in [2.05, 4.69) is 0 Å². The first-order valence-electron chi connectivity index (χ1n) is 11.7. The average molecular weight is 566 g/mol. The van der Waals surface area contributed by atoms with Crippen molar-refractivity contribution in [1.29, 1.82) is 0 Å². The Morgan fingerprint density at radius 1 is 1.10 bits per heavy atom. The van der Waals surface area contributed by atoms with Gasteiger partial charge in [-0.1, -0.05) is 24.3 Å². The Morgan fingerprint density at radius 3 is 2.44 bits per heavy atom. The molecule has 0 spiro atoms. The van der Waals surface area contributed by atoms with E-state index in [-0.39, 0.29) is 21.8 Å². The van der Waals surface area contributed by atoms with Crippen LogP contribution in [0.5, 0.6) is 5.75 Å². The highest BCUT2D eigenvalue weighted by molar-refractivity contribution is 7.98. The smallest absolute Gasteiger partial charge is 0.408 e. The molecule has 3 heterocycles. The van der Waals surface area contributed by atoms with E-state index in [4.69, 9.17) is 0 Å². The van der Waals surface area contributed by atoms with Gasteiger partial charge in [0.25, 0.3) is 5.91 Å². The van der Waals surface area contributed by atoms with Gasteiger partial charge in [-0.05, 0) is 37.1 Å². The number of carbonyl (C=O) groups excluding carboxylic acids is 2. The monoisotopic (exact) mass is 565 g/mol. The number of halogens is 5. The molecule has 3 aromatic rings. The van der Waals surface area contributed by atoms with Gasteiger partial charge < -0.3 is 10.0 Å². The van der Waals surface area contributed by atoms with Gasteiger partial charge >= 0.3 is 6.18 Å². The van der Waals surface area contributed by atoms with E-state index in [9.17, 15) is 32.7 Å². The largest absolute Gasteiger partial charge is 0.502 e. The number of ketones is 1. The van der Waals surface area contributed by atoms with Crippen LogP contribution in [-0.4, -0.2) is 45.3 Å². The van der Waals surface area contributed by atoms with Crippen molar-refractivity contribution >= 4 is 23.5 Å². The maximum absolute atomic E-state index is 15.5. The number of nitrogens with zero attached hydrogens (tertiary/aromatic N) is 3. The third-order valence-electron chi connectivity index (χ3n) is 6.90. The Morgan fingerprint density at radius 2 is 1.77 bits per heavy atom. The molecule has 1 amide bonds. The van der Waals surface area contributed by atoms with Gasteiger partial charge in [0.1, 0.15) is 30.4 Å². The number of rotatable bonds is 3. The van der Waals surface area contributed by atoms with Gasteiger partial charge in [-0.15, -0.1) is 11.8 Å². The molecular weight excluding hydrogens is 545 g/mol. The van der Waals surface area contributed by atoms with Gasteiger partial charge in [0.15, 0.2) is 17.2 Å². The van der Waals surface area contributed by atoms with E-state index >= 15 is 8.78 Å². The van der Waals surface area contributed by atoms with Crippen molar-refractivity contribution in [3.8, 4) is 5.75 Å². The average Bonchev–Trinajstić information content (AvgIpc) is 3.03. The lowest BCUT2D eigenvalue weighted by Gasteiger charge is -2.46. The highest BCUT2D eigenvalue weighted by atomic mass is 32.2. The zero-order chi connectivity index (χ0) is 28.4. The van der Waals surface area contributed by atoms with Crippen molar-refractivity contribution in [2.75, 3.05) is 11.7 Å². The molecule has 2 atom stereocenters. The Bertz CT molecular complexity index is 1590. The minimum absolute atomic E-state index is 0.0109. The molecule has 0 bridgehead atoms. The fourth-order valence-electron chi connectivity index (χ4n) is 4.87. The normalized spacial score (nSPS) is 17.7. The van der Waals surface area contributed by atoms with Crippen molar-refractivity contribution in [3.63, 3.8) is 0 Å². The number of Topliss-reactive ketones (excluding diaryl/α,β-unsaturated/α-hetero) is 1. The number of alkyl halides is 3. The summed E-state index contributed by atoms with van der Waals surface area (Å²) in [4.78, 5) is 38.8. The summed E-state index contributed by atoms with van der Waals surface area (Å²) in [6.07, 6.45) is -3.96. The minimum Gasteiger partial charge on any atom is -0.502 e. The number of aromatic nitrogens is 1. The molecule has 2 aliphatic rings. The molecule has 5 rings (SSSR count). The summed E-state index contributed by atoms with van der Waals surface area (Å²) in [6, 6.07) is 4.53. The summed E-state index contributed by atoms with van der Waals surface area (Å²) in [5.74, 6) is -4.57. The van der Waals surface area contributed by atoms with Gasteiger partial charge in [-0.25, -0.2) is 8.78 Å². The molecule has 0 aliphatic carbocycles. The number of hydrogen-bond acceptors (Lipinski definition) is 6. The second kappa shape index (κ2) is 9.40. The van der Waals surface area contributed by atoms with Gasteiger partial charge in [-0.3, -0.25) is 24.1 Å². The quantitative estimate of drug-likeness (QED) is 0.365. The van der Waals surface area contributed by atoms with Crippen molar-refractivity contribution < 1.29 is 36.6 Å². The molecule has 0 fully saturated rings. The Kier molecular flexibility index (Phi) is 6.44. The number of amides is 1. The second-order valence-electron chi connectivity index (χ2n) is 9.21. The van der Waals surface area contributed by atoms with Crippen LogP contribution >= 0.6 is 11.8 Å². The SMILES string of the molecule is CC(=O)c1cn2c(c(O)c1=O)C(=O)N([C@H](C)C(F)(F)F)CN2[C@@H]1c2cccc(F)c2SCc2cccc(F)c21. The number of thioether (sulfide) groups is 1. The molecule has 13 heteroatoms. The van der Waals surface area contributed by atoms with Crippen molar-refractivity contribution in [3.05, 3.63) is 92.4 Å². The Hall–Kier alpha value is -3.87. The summed E-state index contributed by atoms with van der Waals surface area (Å²) in [5.41, 5.74) is -1.99. The lowest BCUT2D eigenvalue weighted by Crippen LogP contribution is -2.60. The molecule has 0 radical (unpaired) electrons. The van der Waals surface area contributed by atoms with Gasteiger partial charge in [0, 0.05) is 22.4 Å². The summed E-state index contributed by atoms with van der Waals surface area (Å²) in [5, 5.41) is 11.8. The molecule has 0 saturated heterocycles. The van der Waals surface area contributed by atoms with Crippen LogP contribution in [0.4, 0.5) is 22.0 Å². The minimum atomic E-state index is -4.90. The predicted molar refractivity (Wildman–Crippen MR) is 131 cm³/mol. The van der Waals surface area contributed by atoms with Gasteiger partial charge in [0.2, 0.25) is 5.43 Å². The van der Waals surface area contributed by atoms with Crippen LogP contribution in [0, 0.1) is 11.6 Å². The number of carbonyl (C=O) groups is 2. The summed E-state index contributed by atoms with van der Waals surface area (Å²) in [7, 11) is 0. The second-order valence-corrected chi connectivity index (χ2v) is 10.2. The zero-order valence-electron chi connectivity index (χ0n) is 20.4. The Balaban J connectivity index is 1.87. The number of aromatic hydroxyl groups is 1. The van der Waals surface area contributed by atoms with Gasteiger partial charge in [-0.2, -0.15) is 13.2 Å². The van der Waals surface area contributed by atoms with Crippen molar-refractivity contribution in [2.45, 2.75) is 42.8 Å². The van der Waals surface area contributed by atoms with Crippen molar-refractivity contribution in [2.24, 2.45) is 0 Å². The standard InChI is InChI=1S/C26H20F5N3O4S/c1-12(35)16-9-33-21(23(37)22(16)36)25(38)32(13(2)26(29,30)31)11-34(33)20-15-6-4-8-18(28)24(15)39-10-14-5-3-7-17(27)19(14)20/h3-9,13,20,37H,10-11H2,1-2H3/t13-,20-/m1/s1. The molecular formula is C26H20F5N3O4S. The third-order valence-corrected chi connectivity index (χ3v) is 8.08. The van der Waals surface area contributed by atoms with E-state index in [0.29, 0.717) is 10.5 Å². The molecule has 1 N–H and O–H groups in total. The highest BCUT2D eigenvalue weighted by Gasteiger charge is 2.48. The van der Waals surface area contributed by atoms with Crippen LogP contribution in [-0.2, 0) is 5.75 Å². The van der Waals surface area contributed by atoms with E-state index in [1.165, 1.54) is 24.3 Å². The first-order chi connectivity index (χ1) is 18.3. The molecule has 2 aliphatic heterocycles. The summed E-state index contributed by atoms with van der Waals surface area (Å²) >= 11 is 1.07. The predicted octanol–water partition coefficient (Wildman–Crippen LogP) is 4.73.